The Labute approximate surface area is 202 Å². The second kappa shape index (κ2) is 10.9. The highest BCUT2D eigenvalue weighted by molar-refractivity contribution is 5.63. The zero-order valence-electron chi connectivity index (χ0n) is 19.9. The summed E-state index contributed by atoms with van der Waals surface area (Å²) in [5.74, 6) is 1.25. The number of oxazole rings is 1. The van der Waals surface area contributed by atoms with Crippen LogP contribution in [0, 0.1) is 6.92 Å². The van der Waals surface area contributed by atoms with Crippen molar-refractivity contribution in [2.24, 2.45) is 0 Å². The number of aromatic nitrogens is 3. The monoisotopic (exact) mass is 475 g/mol. The molecule has 0 amide bonds. The first-order valence-corrected chi connectivity index (χ1v) is 11.4. The summed E-state index contributed by atoms with van der Waals surface area (Å²) in [4.78, 5) is 34.5. The molecule has 0 radical (unpaired) electrons. The maximum atomic E-state index is 13.0. The minimum Gasteiger partial charge on any atom is -0.441 e. The number of ether oxygens (including phenoxy) is 1. The Kier molecular flexibility index (Phi) is 7.47. The topological polar surface area (TPSA) is 119 Å². The van der Waals surface area contributed by atoms with Crippen molar-refractivity contribution in [1.82, 2.24) is 14.5 Å². The van der Waals surface area contributed by atoms with E-state index in [9.17, 15) is 9.59 Å². The quantitative estimate of drug-likeness (QED) is 0.338. The number of nitrogen functional groups attached to an aromatic ring is 1. The van der Waals surface area contributed by atoms with Crippen molar-refractivity contribution < 1.29 is 9.15 Å². The Balaban J connectivity index is 1.72. The smallest absolute Gasteiger partial charge is 0.330 e. The van der Waals surface area contributed by atoms with Gasteiger partial charge >= 0.3 is 5.69 Å². The molecule has 9 nitrogen and oxygen atoms in total. The number of aromatic amines is 1. The van der Waals surface area contributed by atoms with Gasteiger partial charge in [-0.3, -0.25) is 14.3 Å². The third-order valence-corrected chi connectivity index (χ3v) is 5.74. The van der Waals surface area contributed by atoms with Gasteiger partial charge in [-0.2, -0.15) is 0 Å². The lowest BCUT2D eigenvalue weighted by molar-refractivity contribution is 0.196. The average Bonchev–Trinajstić information content (AvgIpc) is 3.23. The number of rotatable bonds is 10. The van der Waals surface area contributed by atoms with Crippen LogP contribution >= 0.6 is 0 Å². The maximum Gasteiger partial charge on any atom is 0.330 e. The predicted octanol–water partition coefficient (Wildman–Crippen LogP) is 3.17. The molecular weight excluding hydrogens is 446 g/mol. The van der Waals surface area contributed by atoms with E-state index in [0.29, 0.717) is 36.9 Å². The zero-order chi connectivity index (χ0) is 24.8. The summed E-state index contributed by atoms with van der Waals surface area (Å²) in [5, 5.41) is 0. The molecule has 0 aliphatic heterocycles. The fourth-order valence-electron chi connectivity index (χ4n) is 3.94. The number of aryl methyl sites for hydroxylation is 1. The number of nitrogens with two attached hydrogens (primary N) is 1. The van der Waals surface area contributed by atoms with Gasteiger partial charge in [0, 0.05) is 25.8 Å². The van der Waals surface area contributed by atoms with Gasteiger partial charge in [-0.15, -0.1) is 0 Å². The van der Waals surface area contributed by atoms with Gasteiger partial charge in [0.25, 0.3) is 5.56 Å². The molecule has 2 heterocycles. The normalized spacial score (nSPS) is 11.0. The van der Waals surface area contributed by atoms with Crippen molar-refractivity contribution in [2.75, 3.05) is 30.9 Å². The molecule has 2 aromatic heterocycles. The third-order valence-electron chi connectivity index (χ3n) is 5.74. The summed E-state index contributed by atoms with van der Waals surface area (Å²) in [7, 11) is 1.62. The van der Waals surface area contributed by atoms with Crippen molar-refractivity contribution in [3.05, 3.63) is 98.5 Å². The molecule has 0 spiro atoms. The molecule has 4 aromatic rings. The SMILES string of the molecule is COCCCN(Cc1nc(-c2ccccc2)oc1C)c1c(N)n(Cc2ccccc2)c(=O)[nH]c1=O. The molecule has 182 valence electrons. The number of hydrogen-bond donors (Lipinski definition) is 2. The molecule has 2 aromatic carbocycles. The Hall–Kier alpha value is -4.11. The van der Waals surface area contributed by atoms with Crippen LogP contribution in [0.25, 0.3) is 11.5 Å². The molecule has 0 fully saturated rings. The van der Waals surface area contributed by atoms with Gasteiger partial charge in [0.15, 0.2) is 0 Å². The molecule has 0 aliphatic rings. The number of hydrogen-bond acceptors (Lipinski definition) is 7. The minimum absolute atomic E-state index is 0.101. The largest absolute Gasteiger partial charge is 0.441 e. The number of nitrogens with zero attached hydrogens (tertiary/aromatic N) is 3. The van der Waals surface area contributed by atoms with Crippen LogP contribution in [0.5, 0.6) is 0 Å². The van der Waals surface area contributed by atoms with Gasteiger partial charge in [0.1, 0.15) is 23.0 Å². The van der Waals surface area contributed by atoms with Crippen molar-refractivity contribution >= 4 is 11.5 Å². The fourth-order valence-corrected chi connectivity index (χ4v) is 3.94. The predicted molar refractivity (Wildman–Crippen MR) is 135 cm³/mol. The fraction of sp³-hybridized carbons (Fsp3) is 0.269. The van der Waals surface area contributed by atoms with Gasteiger partial charge in [0.05, 0.1) is 13.1 Å². The van der Waals surface area contributed by atoms with Gasteiger partial charge < -0.3 is 19.8 Å². The summed E-state index contributed by atoms with van der Waals surface area (Å²) in [6.07, 6.45) is 0.648. The highest BCUT2D eigenvalue weighted by atomic mass is 16.5. The number of anilines is 2. The second-order valence-electron chi connectivity index (χ2n) is 8.22. The van der Waals surface area contributed by atoms with Crippen molar-refractivity contribution in [2.45, 2.75) is 26.4 Å². The lowest BCUT2D eigenvalue weighted by Crippen LogP contribution is -2.39. The van der Waals surface area contributed by atoms with E-state index in [1.54, 1.807) is 7.11 Å². The lowest BCUT2D eigenvalue weighted by atomic mass is 10.2. The highest BCUT2D eigenvalue weighted by Gasteiger charge is 2.22. The standard InChI is InChI=1S/C26H29N5O4/c1-18-21(28-25(35-18)20-12-7-4-8-13-20)17-30(14-9-15-34-2)22-23(27)31(26(33)29-24(22)32)16-19-10-5-3-6-11-19/h3-8,10-13H,9,14-17,27H2,1-2H3,(H,29,32,33). The molecule has 0 saturated carbocycles. The molecule has 35 heavy (non-hydrogen) atoms. The number of methoxy groups -OCH3 is 1. The molecule has 9 heteroatoms. The Morgan fingerprint density at radius 1 is 1.09 bits per heavy atom. The van der Waals surface area contributed by atoms with E-state index in [4.69, 9.17) is 14.9 Å². The van der Waals surface area contributed by atoms with Crippen LogP contribution in [-0.2, 0) is 17.8 Å². The van der Waals surface area contributed by atoms with Crippen molar-refractivity contribution in [3.8, 4) is 11.5 Å². The third kappa shape index (κ3) is 5.52. The molecular formula is C26H29N5O4. The second-order valence-corrected chi connectivity index (χ2v) is 8.22. The minimum atomic E-state index is -0.555. The van der Waals surface area contributed by atoms with Gasteiger partial charge in [-0.05, 0) is 31.0 Å². The van der Waals surface area contributed by atoms with Gasteiger partial charge in [-0.1, -0.05) is 48.5 Å². The van der Waals surface area contributed by atoms with E-state index >= 15 is 0 Å². The van der Waals surface area contributed by atoms with E-state index in [1.165, 1.54) is 4.57 Å². The van der Waals surface area contributed by atoms with Crippen LogP contribution in [0.2, 0.25) is 0 Å². The van der Waals surface area contributed by atoms with Crippen LogP contribution in [0.3, 0.4) is 0 Å². The van der Waals surface area contributed by atoms with Crippen LogP contribution in [-0.4, -0.2) is 34.8 Å². The first kappa shape index (κ1) is 24.0. The molecule has 0 unspecified atom stereocenters. The van der Waals surface area contributed by atoms with Crippen LogP contribution in [0.1, 0.15) is 23.4 Å². The molecule has 0 aliphatic carbocycles. The number of H-pyrrole nitrogens is 1. The first-order valence-electron chi connectivity index (χ1n) is 11.4. The molecule has 0 atom stereocenters. The van der Waals surface area contributed by atoms with Crippen molar-refractivity contribution in [1.29, 1.82) is 0 Å². The highest BCUT2D eigenvalue weighted by Crippen LogP contribution is 2.25. The maximum absolute atomic E-state index is 13.0. The Morgan fingerprint density at radius 2 is 1.77 bits per heavy atom. The van der Waals surface area contributed by atoms with Crippen LogP contribution in [0.15, 0.2) is 74.7 Å². The average molecular weight is 476 g/mol. The summed E-state index contributed by atoms with van der Waals surface area (Å²) < 4.78 is 12.5. The van der Waals surface area contributed by atoms with Crippen LogP contribution in [0.4, 0.5) is 11.5 Å². The Bertz CT molecular complexity index is 1380. The van der Waals surface area contributed by atoms with Gasteiger partial charge in [0.2, 0.25) is 5.89 Å². The molecule has 4 rings (SSSR count). The summed E-state index contributed by atoms with van der Waals surface area (Å²) in [5.41, 5.74) is 8.01. The van der Waals surface area contributed by atoms with Gasteiger partial charge in [-0.25, -0.2) is 9.78 Å². The lowest BCUT2D eigenvalue weighted by Gasteiger charge is -2.25. The Morgan fingerprint density at radius 3 is 2.46 bits per heavy atom. The number of benzene rings is 2. The number of nitrogens with one attached hydrogen (secondary N) is 1. The first-order chi connectivity index (χ1) is 17.0. The summed E-state index contributed by atoms with van der Waals surface area (Å²) in [6.45, 7) is 3.33. The molecule has 0 bridgehead atoms. The van der Waals surface area contributed by atoms with E-state index in [-0.39, 0.29) is 24.6 Å². The zero-order valence-corrected chi connectivity index (χ0v) is 19.9. The van der Waals surface area contributed by atoms with E-state index in [1.807, 2.05) is 72.5 Å². The molecule has 3 N–H and O–H groups in total. The van der Waals surface area contributed by atoms with E-state index < -0.39 is 11.2 Å². The van der Waals surface area contributed by atoms with Crippen LogP contribution < -0.4 is 21.9 Å². The van der Waals surface area contributed by atoms with E-state index in [2.05, 4.69) is 9.97 Å². The summed E-state index contributed by atoms with van der Waals surface area (Å²) in [6, 6.07) is 19.1. The molecule has 0 saturated heterocycles. The summed E-state index contributed by atoms with van der Waals surface area (Å²) >= 11 is 0. The van der Waals surface area contributed by atoms with Crippen molar-refractivity contribution in [3.63, 3.8) is 0 Å². The van der Waals surface area contributed by atoms with E-state index in [0.717, 1.165) is 11.1 Å².